The maximum Gasteiger partial charge on any atom is 0.136 e. The van der Waals surface area contributed by atoms with E-state index in [1.165, 1.54) is 33.0 Å². The number of hydrogen-bond donors (Lipinski definition) is 0. The minimum atomic E-state index is 0.873. The molecule has 0 amide bonds. The first-order valence-corrected chi connectivity index (χ1v) is 17.0. The lowest BCUT2D eigenvalue weighted by molar-refractivity contribution is 0.632. The minimum Gasteiger partial charge on any atom is -0.456 e. The molecule has 50 heavy (non-hydrogen) atoms. The highest BCUT2D eigenvalue weighted by Crippen LogP contribution is 2.41. The van der Waals surface area contributed by atoms with Crippen LogP contribution in [0.25, 0.3) is 66.4 Å². The zero-order valence-electron chi connectivity index (χ0n) is 27.4. The van der Waals surface area contributed by atoms with Crippen LogP contribution in [0.5, 0.6) is 0 Å². The molecule has 0 saturated heterocycles. The van der Waals surface area contributed by atoms with Crippen LogP contribution < -0.4 is 4.90 Å². The first-order valence-electron chi connectivity index (χ1n) is 17.0. The van der Waals surface area contributed by atoms with Crippen molar-refractivity contribution in [1.82, 2.24) is 0 Å². The molecule has 0 radical (unpaired) electrons. The summed E-state index contributed by atoms with van der Waals surface area (Å²) in [7, 11) is 0. The third-order valence-electron chi connectivity index (χ3n) is 9.49. The Labute approximate surface area is 292 Å². The van der Waals surface area contributed by atoms with Gasteiger partial charge in [-0.25, -0.2) is 0 Å². The zero-order valence-corrected chi connectivity index (χ0v) is 27.4. The number of para-hydroxylation sites is 1. The highest BCUT2D eigenvalue weighted by molar-refractivity contribution is 5.99. The van der Waals surface area contributed by atoms with Crippen LogP contribution in [0.15, 0.2) is 205 Å². The maximum atomic E-state index is 6.30. The fourth-order valence-corrected chi connectivity index (χ4v) is 7.00. The van der Waals surface area contributed by atoms with E-state index in [4.69, 9.17) is 4.42 Å². The van der Waals surface area contributed by atoms with E-state index in [-0.39, 0.29) is 0 Å². The molecule has 2 heteroatoms. The first-order chi connectivity index (χ1) is 24.8. The van der Waals surface area contributed by atoms with Gasteiger partial charge in [0.2, 0.25) is 0 Å². The smallest absolute Gasteiger partial charge is 0.136 e. The molecule has 0 N–H and O–H groups in total. The Morgan fingerprint density at radius 1 is 0.340 bits per heavy atom. The predicted molar refractivity (Wildman–Crippen MR) is 210 cm³/mol. The van der Waals surface area contributed by atoms with E-state index in [0.717, 1.165) is 50.5 Å². The number of hydrogen-bond acceptors (Lipinski definition) is 2. The highest BCUT2D eigenvalue weighted by Gasteiger charge is 2.17. The molecule has 236 valence electrons. The molecule has 9 aromatic rings. The fourth-order valence-electron chi connectivity index (χ4n) is 7.00. The summed E-state index contributed by atoms with van der Waals surface area (Å²) in [6.07, 6.45) is 0. The molecule has 0 spiro atoms. The minimum absolute atomic E-state index is 0.873. The van der Waals surface area contributed by atoms with Crippen molar-refractivity contribution < 1.29 is 4.42 Å². The molecule has 9 rings (SSSR count). The summed E-state index contributed by atoms with van der Waals surface area (Å²) in [5, 5.41) is 3.52. The van der Waals surface area contributed by atoms with Gasteiger partial charge in [-0.1, -0.05) is 152 Å². The van der Waals surface area contributed by atoms with E-state index in [9.17, 15) is 0 Å². The van der Waals surface area contributed by atoms with Gasteiger partial charge >= 0.3 is 0 Å². The van der Waals surface area contributed by atoms with E-state index < -0.39 is 0 Å². The predicted octanol–water partition coefficient (Wildman–Crippen LogP) is 13.7. The molecule has 0 saturated carbocycles. The van der Waals surface area contributed by atoms with Crippen LogP contribution in [0.3, 0.4) is 0 Å². The molecular formula is C48H33NO. The fraction of sp³-hybridized carbons (Fsp3) is 0. The first kappa shape index (κ1) is 29.5. The standard InChI is InChI=1S/C48H33NO/c1-2-12-34(13-3-1)38-17-10-18-39(32-38)35-24-28-41(29-25-35)49(46-22-11-16-36-14-4-6-20-44(36)46)42-30-26-37(27-31-42)43-19-7-8-21-45(43)48-33-40-15-5-9-23-47(40)50-48/h1-33H. The van der Waals surface area contributed by atoms with Gasteiger partial charge in [-0.2, -0.15) is 0 Å². The Balaban J connectivity index is 1.11. The lowest BCUT2D eigenvalue weighted by Gasteiger charge is -2.27. The summed E-state index contributed by atoms with van der Waals surface area (Å²) in [4.78, 5) is 2.36. The molecule has 8 aromatic carbocycles. The quantitative estimate of drug-likeness (QED) is 0.173. The molecule has 2 nitrogen and oxygen atoms in total. The number of anilines is 3. The Morgan fingerprint density at radius 3 is 1.62 bits per heavy atom. The molecule has 0 atom stereocenters. The number of fused-ring (bicyclic) bond motifs is 2. The third-order valence-corrected chi connectivity index (χ3v) is 9.49. The van der Waals surface area contributed by atoms with Gasteiger partial charge in [-0.3, -0.25) is 0 Å². The molecular weight excluding hydrogens is 607 g/mol. The average molecular weight is 640 g/mol. The van der Waals surface area contributed by atoms with Crippen LogP contribution in [-0.2, 0) is 0 Å². The second kappa shape index (κ2) is 12.8. The van der Waals surface area contributed by atoms with Crippen molar-refractivity contribution >= 4 is 38.8 Å². The third kappa shape index (κ3) is 5.53. The molecule has 1 heterocycles. The van der Waals surface area contributed by atoms with E-state index in [1.807, 2.05) is 18.2 Å². The van der Waals surface area contributed by atoms with Gasteiger partial charge in [0, 0.05) is 27.7 Å². The second-order valence-corrected chi connectivity index (χ2v) is 12.6. The van der Waals surface area contributed by atoms with Gasteiger partial charge in [0.15, 0.2) is 0 Å². The molecule has 1 aromatic heterocycles. The van der Waals surface area contributed by atoms with Crippen molar-refractivity contribution in [2.24, 2.45) is 0 Å². The van der Waals surface area contributed by atoms with Crippen LogP contribution in [0.2, 0.25) is 0 Å². The Morgan fingerprint density at radius 2 is 0.880 bits per heavy atom. The molecule has 0 bridgehead atoms. The Kier molecular flexibility index (Phi) is 7.53. The summed E-state index contributed by atoms with van der Waals surface area (Å²) in [5.74, 6) is 0.873. The largest absolute Gasteiger partial charge is 0.456 e. The zero-order chi connectivity index (χ0) is 33.3. The summed E-state index contributed by atoms with van der Waals surface area (Å²) >= 11 is 0. The van der Waals surface area contributed by atoms with Gasteiger partial charge < -0.3 is 9.32 Å². The van der Waals surface area contributed by atoms with Gasteiger partial charge in [-0.15, -0.1) is 0 Å². The van der Waals surface area contributed by atoms with Crippen molar-refractivity contribution in [3.05, 3.63) is 200 Å². The van der Waals surface area contributed by atoms with Gasteiger partial charge in [0.25, 0.3) is 0 Å². The van der Waals surface area contributed by atoms with Crippen molar-refractivity contribution in [2.75, 3.05) is 4.90 Å². The van der Waals surface area contributed by atoms with Gasteiger partial charge in [-0.05, 0) is 87.3 Å². The molecule has 0 aliphatic heterocycles. The van der Waals surface area contributed by atoms with Crippen molar-refractivity contribution in [2.45, 2.75) is 0 Å². The highest BCUT2D eigenvalue weighted by atomic mass is 16.3. The Bertz CT molecular complexity index is 2540. The number of nitrogens with zero attached hydrogens (tertiary/aromatic N) is 1. The van der Waals surface area contributed by atoms with Crippen molar-refractivity contribution in [3.63, 3.8) is 0 Å². The summed E-state index contributed by atoms with van der Waals surface area (Å²) in [6, 6.07) is 71.1. The van der Waals surface area contributed by atoms with E-state index in [2.05, 4.69) is 187 Å². The Hall–Kier alpha value is -6.64. The topological polar surface area (TPSA) is 16.4 Å². The van der Waals surface area contributed by atoms with Crippen molar-refractivity contribution in [3.8, 4) is 44.7 Å². The monoisotopic (exact) mass is 639 g/mol. The van der Waals surface area contributed by atoms with Gasteiger partial charge in [0.1, 0.15) is 11.3 Å². The number of benzene rings is 8. The molecule has 0 aliphatic carbocycles. The number of furan rings is 1. The van der Waals surface area contributed by atoms with Crippen LogP contribution in [0.4, 0.5) is 17.1 Å². The number of rotatable bonds is 7. The van der Waals surface area contributed by atoms with Gasteiger partial charge in [0.05, 0.1) is 5.69 Å². The molecule has 0 unspecified atom stereocenters. The second-order valence-electron chi connectivity index (χ2n) is 12.6. The van der Waals surface area contributed by atoms with Crippen LogP contribution in [0, 0.1) is 0 Å². The summed E-state index contributed by atoms with van der Waals surface area (Å²) in [6.45, 7) is 0. The van der Waals surface area contributed by atoms with E-state index in [1.54, 1.807) is 0 Å². The maximum absolute atomic E-state index is 6.30. The summed E-state index contributed by atoms with van der Waals surface area (Å²) < 4.78 is 6.30. The molecule has 0 fully saturated rings. The van der Waals surface area contributed by atoms with Crippen LogP contribution in [0.1, 0.15) is 0 Å². The van der Waals surface area contributed by atoms with Crippen molar-refractivity contribution in [1.29, 1.82) is 0 Å². The van der Waals surface area contributed by atoms with E-state index >= 15 is 0 Å². The van der Waals surface area contributed by atoms with Crippen LogP contribution >= 0.6 is 0 Å². The SMILES string of the molecule is c1ccc(-c2cccc(-c3ccc(N(c4ccc(-c5ccccc5-c5cc6ccccc6o5)cc4)c4cccc5ccccc45)cc3)c2)cc1. The average Bonchev–Trinajstić information content (AvgIpc) is 3.64. The van der Waals surface area contributed by atoms with E-state index in [0.29, 0.717) is 0 Å². The van der Waals surface area contributed by atoms with Crippen LogP contribution in [-0.4, -0.2) is 0 Å². The normalized spacial score (nSPS) is 11.2. The lowest BCUT2D eigenvalue weighted by Crippen LogP contribution is -2.10. The lowest BCUT2D eigenvalue weighted by atomic mass is 9.97. The summed E-state index contributed by atoms with van der Waals surface area (Å²) in [5.41, 5.74) is 12.4. The molecule has 0 aliphatic rings.